The summed E-state index contributed by atoms with van der Waals surface area (Å²) in [4.78, 5) is 13.1. The average Bonchev–Trinajstić information content (AvgIpc) is 3.69. The molecule has 0 bridgehead atoms. The molecule has 176 valence electrons. The first-order chi connectivity index (χ1) is 17.7. The highest BCUT2D eigenvalue weighted by Crippen LogP contribution is 2.46. The highest BCUT2D eigenvalue weighted by molar-refractivity contribution is 5.86. The van der Waals surface area contributed by atoms with Crippen LogP contribution in [0.5, 0.6) is 0 Å². The standard InChI is InChI=1S/C29H24N6O/c1-18-8-10-19(11-9-18)27-32-28(35-34-27)25-15-23-22-6-2-3-7-24(22)31-26(23)29(33-25,21-12-14-36-17-21)20-5-4-13-30-16-20/h2-14,16-17,25,31,33H,15H2,1H3,(H,32,34,35)/t25-,29?/m1/s1. The Kier molecular flexibility index (Phi) is 4.65. The van der Waals surface area contributed by atoms with Crippen LogP contribution in [0.4, 0.5) is 0 Å². The quantitative estimate of drug-likeness (QED) is 0.318. The fourth-order valence-electron chi connectivity index (χ4n) is 5.43. The van der Waals surface area contributed by atoms with Crippen molar-refractivity contribution in [2.24, 2.45) is 0 Å². The second kappa shape index (κ2) is 8.03. The Labute approximate surface area is 207 Å². The Bertz CT molecular complexity index is 1650. The number of hydrogen-bond acceptors (Lipinski definition) is 5. The van der Waals surface area contributed by atoms with E-state index in [4.69, 9.17) is 9.40 Å². The molecule has 2 atom stereocenters. The van der Waals surface area contributed by atoms with E-state index in [2.05, 4.69) is 87.0 Å². The SMILES string of the molecule is Cc1ccc(-c2n[nH]c([C@H]3Cc4c([nH]c5ccccc45)C(c4cccnc4)(c4ccoc4)N3)n2)cc1. The zero-order valence-corrected chi connectivity index (χ0v) is 19.7. The van der Waals surface area contributed by atoms with E-state index in [1.54, 1.807) is 18.7 Å². The summed E-state index contributed by atoms with van der Waals surface area (Å²) in [6.45, 7) is 2.08. The fourth-order valence-corrected chi connectivity index (χ4v) is 5.43. The molecule has 0 amide bonds. The molecule has 7 nitrogen and oxygen atoms in total. The molecule has 0 spiro atoms. The van der Waals surface area contributed by atoms with E-state index >= 15 is 0 Å². The Morgan fingerprint density at radius 2 is 1.86 bits per heavy atom. The van der Waals surface area contributed by atoms with Crippen molar-refractivity contribution in [3.63, 3.8) is 0 Å². The fraction of sp³-hybridized carbons (Fsp3) is 0.138. The van der Waals surface area contributed by atoms with Crippen LogP contribution in [0.2, 0.25) is 0 Å². The predicted molar refractivity (Wildman–Crippen MR) is 137 cm³/mol. The van der Waals surface area contributed by atoms with Crippen LogP contribution < -0.4 is 5.32 Å². The van der Waals surface area contributed by atoms with E-state index < -0.39 is 5.54 Å². The zero-order chi connectivity index (χ0) is 24.1. The van der Waals surface area contributed by atoms with Gasteiger partial charge in [0.25, 0.3) is 0 Å². The number of para-hydroxylation sites is 1. The van der Waals surface area contributed by atoms with Crippen molar-refractivity contribution < 1.29 is 4.42 Å². The number of aryl methyl sites for hydroxylation is 1. The molecule has 7 heteroatoms. The average molecular weight is 473 g/mol. The predicted octanol–water partition coefficient (Wildman–Crippen LogP) is 5.43. The van der Waals surface area contributed by atoms with Gasteiger partial charge in [-0.15, -0.1) is 0 Å². The summed E-state index contributed by atoms with van der Waals surface area (Å²) in [5, 5.41) is 12.9. The molecule has 6 aromatic rings. The van der Waals surface area contributed by atoms with Crippen molar-refractivity contribution in [1.29, 1.82) is 0 Å². The highest BCUT2D eigenvalue weighted by atomic mass is 16.3. The third-order valence-corrected chi connectivity index (χ3v) is 7.18. The molecule has 0 aliphatic carbocycles. The summed E-state index contributed by atoms with van der Waals surface area (Å²) < 4.78 is 5.61. The van der Waals surface area contributed by atoms with Crippen LogP contribution in [0.1, 0.15) is 39.8 Å². The van der Waals surface area contributed by atoms with E-state index in [0.717, 1.165) is 40.1 Å². The van der Waals surface area contributed by atoms with Crippen molar-refractivity contribution in [2.45, 2.75) is 24.9 Å². The van der Waals surface area contributed by atoms with Crippen molar-refractivity contribution >= 4 is 10.9 Å². The molecule has 3 N–H and O–H groups in total. The van der Waals surface area contributed by atoms with E-state index in [9.17, 15) is 0 Å². The summed E-state index contributed by atoms with van der Waals surface area (Å²) in [6, 6.07) is 22.7. The maximum atomic E-state index is 5.61. The Morgan fingerprint density at radius 1 is 0.972 bits per heavy atom. The lowest BCUT2D eigenvalue weighted by Crippen LogP contribution is -2.50. The number of H-pyrrole nitrogens is 2. The monoisotopic (exact) mass is 472 g/mol. The molecule has 2 aromatic carbocycles. The topological polar surface area (TPSA) is 95.4 Å². The molecule has 0 radical (unpaired) electrons. The van der Waals surface area contributed by atoms with Crippen LogP contribution >= 0.6 is 0 Å². The molecule has 4 aromatic heterocycles. The van der Waals surface area contributed by atoms with Gasteiger partial charge >= 0.3 is 0 Å². The number of nitrogens with one attached hydrogen (secondary N) is 3. The van der Waals surface area contributed by atoms with Gasteiger partial charge in [0.15, 0.2) is 5.82 Å². The number of nitrogens with zero attached hydrogens (tertiary/aromatic N) is 3. The van der Waals surface area contributed by atoms with Gasteiger partial charge in [0.1, 0.15) is 11.4 Å². The molecule has 7 rings (SSSR count). The van der Waals surface area contributed by atoms with Gasteiger partial charge in [-0.1, -0.05) is 54.1 Å². The van der Waals surface area contributed by atoms with Gasteiger partial charge in [-0.25, -0.2) is 4.98 Å². The number of hydrogen-bond donors (Lipinski definition) is 3. The number of furan rings is 1. The second-order valence-electron chi connectivity index (χ2n) is 9.34. The number of benzene rings is 2. The van der Waals surface area contributed by atoms with E-state index in [1.807, 2.05) is 18.3 Å². The maximum Gasteiger partial charge on any atom is 0.181 e. The molecule has 0 fully saturated rings. The lowest BCUT2D eigenvalue weighted by molar-refractivity contribution is 0.347. The minimum Gasteiger partial charge on any atom is -0.472 e. The highest BCUT2D eigenvalue weighted by Gasteiger charge is 2.47. The molecule has 0 saturated carbocycles. The normalized spacial score (nSPS) is 19.4. The Balaban J connectivity index is 1.43. The smallest absolute Gasteiger partial charge is 0.181 e. The molecule has 1 unspecified atom stereocenters. The number of fused-ring (bicyclic) bond motifs is 3. The van der Waals surface area contributed by atoms with Gasteiger partial charge in [-0.2, -0.15) is 5.10 Å². The second-order valence-corrected chi connectivity index (χ2v) is 9.34. The molecule has 1 aliphatic heterocycles. The van der Waals surface area contributed by atoms with Crippen molar-refractivity contribution in [3.8, 4) is 11.4 Å². The minimum atomic E-state index is -0.713. The van der Waals surface area contributed by atoms with Crippen LogP contribution in [0, 0.1) is 6.92 Å². The minimum absolute atomic E-state index is 0.126. The van der Waals surface area contributed by atoms with E-state index in [0.29, 0.717) is 5.82 Å². The molecular weight excluding hydrogens is 448 g/mol. The van der Waals surface area contributed by atoms with E-state index in [-0.39, 0.29) is 6.04 Å². The number of rotatable bonds is 4. The van der Waals surface area contributed by atoms with Crippen molar-refractivity contribution in [2.75, 3.05) is 0 Å². The van der Waals surface area contributed by atoms with Crippen LogP contribution in [0.25, 0.3) is 22.3 Å². The third kappa shape index (κ3) is 3.13. The van der Waals surface area contributed by atoms with Gasteiger partial charge in [0.05, 0.1) is 18.6 Å². The molecule has 36 heavy (non-hydrogen) atoms. The van der Waals surface area contributed by atoms with E-state index in [1.165, 1.54) is 16.5 Å². The zero-order valence-electron chi connectivity index (χ0n) is 19.7. The number of aromatic amines is 2. The largest absolute Gasteiger partial charge is 0.472 e. The van der Waals surface area contributed by atoms with Crippen LogP contribution in [-0.2, 0) is 12.0 Å². The summed E-state index contributed by atoms with van der Waals surface area (Å²) in [5.41, 5.74) is 6.92. The molecule has 5 heterocycles. The summed E-state index contributed by atoms with van der Waals surface area (Å²) in [6.07, 6.45) is 7.97. The Morgan fingerprint density at radius 3 is 2.67 bits per heavy atom. The summed E-state index contributed by atoms with van der Waals surface area (Å²) >= 11 is 0. The molecular formula is C29H24N6O. The van der Waals surface area contributed by atoms with Crippen LogP contribution in [-0.4, -0.2) is 25.1 Å². The van der Waals surface area contributed by atoms with Gasteiger partial charge in [-0.05, 0) is 37.1 Å². The lowest BCUT2D eigenvalue weighted by Gasteiger charge is -2.41. The first-order valence-electron chi connectivity index (χ1n) is 12.0. The lowest BCUT2D eigenvalue weighted by atomic mass is 9.75. The molecule has 0 saturated heterocycles. The number of aromatic nitrogens is 5. The maximum absolute atomic E-state index is 5.61. The van der Waals surface area contributed by atoms with Gasteiger partial charge in [0, 0.05) is 45.7 Å². The first kappa shape index (κ1) is 20.8. The van der Waals surface area contributed by atoms with Gasteiger partial charge in [-0.3, -0.25) is 15.4 Å². The van der Waals surface area contributed by atoms with Crippen LogP contribution in [0.15, 0.2) is 96.1 Å². The molecule has 1 aliphatic rings. The van der Waals surface area contributed by atoms with Crippen LogP contribution in [0.3, 0.4) is 0 Å². The van der Waals surface area contributed by atoms with Crippen molar-refractivity contribution in [3.05, 3.63) is 125 Å². The summed E-state index contributed by atoms with van der Waals surface area (Å²) in [7, 11) is 0. The van der Waals surface area contributed by atoms with Gasteiger partial charge < -0.3 is 9.40 Å². The van der Waals surface area contributed by atoms with Crippen molar-refractivity contribution in [1.82, 2.24) is 30.5 Å². The third-order valence-electron chi connectivity index (χ3n) is 7.18. The summed E-state index contributed by atoms with van der Waals surface area (Å²) in [5.74, 6) is 1.48. The number of pyridine rings is 1. The Hall–Kier alpha value is -4.49. The van der Waals surface area contributed by atoms with Gasteiger partial charge in [0.2, 0.25) is 0 Å². The first-order valence-corrected chi connectivity index (χ1v) is 12.0.